The number of aryl methyl sites for hydroxylation is 1. The van der Waals surface area contributed by atoms with E-state index < -0.39 is 0 Å². The molecule has 0 aromatic carbocycles. The number of H-pyrrole nitrogens is 1. The summed E-state index contributed by atoms with van der Waals surface area (Å²) in [6, 6.07) is 3.79. The molecule has 0 unspecified atom stereocenters. The van der Waals surface area contributed by atoms with Gasteiger partial charge in [0.25, 0.3) is 5.56 Å². The molecule has 0 aliphatic rings. The lowest BCUT2D eigenvalue weighted by atomic mass is 10.1. The molecule has 0 atom stereocenters. The molecule has 3 aromatic rings. The van der Waals surface area contributed by atoms with E-state index >= 15 is 0 Å². The predicted octanol–water partition coefficient (Wildman–Crippen LogP) is 1.70. The molecule has 90 valence electrons. The molecule has 1 N–H and O–H groups in total. The lowest BCUT2D eigenvalue weighted by molar-refractivity contribution is 0.873. The summed E-state index contributed by atoms with van der Waals surface area (Å²) in [5.74, 6) is 0. The van der Waals surface area contributed by atoms with Crippen molar-refractivity contribution in [1.29, 1.82) is 0 Å². The molecular formula is C13H12N4O. The van der Waals surface area contributed by atoms with Crippen LogP contribution >= 0.6 is 0 Å². The molecule has 0 radical (unpaired) electrons. The number of pyridine rings is 1. The first-order valence-corrected chi connectivity index (χ1v) is 5.66. The molecule has 0 amide bonds. The molecule has 0 spiro atoms. The van der Waals surface area contributed by atoms with Crippen molar-refractivity contribution in [2.75, 3.05) is 0 Å². The molecule has 0 aliphatic heterocycles. The Bertz CT molecular complexity index is 771. The third kappa shape index (κ3) is 1.44. The Hall–Kier alpha value is -2.43. The first kappa shape index (κ1) is 10.7. The Kier molecular flexibility index (Phi) is 2.26. The van der Waals surface area contributed by atoms with Gasteiger partial charge in [0, 0.05) is 35.4 Å². The van der Waals surface area contributed by atoms with Crippen LogP contribution in [0.2, 0.25) is 0 Å². The van der Waals surface area contributed by atoms with E-state index in [2.05, 4.69) is 15.1 Å². The molecule has 18 heavy (non-hydrogen) atoms. The molecule has 3 rings (SSSR count). The van der Waals surface area contributed by atoms with Crippen LogP contribution in [0.15, 0.2) is 35.5 Å². The molecular weight excluding hydrogens is 228 g/mol. The zero-order valence-corrected chi connectivity index (χ0v) is 10.1. The van der Waals surface area contributed by atoms with Gasteiger partial charge in [-0.25, -0.2) is 9.50 Å². The summed E-state index contributed by atoms with van der Waals surface area (Å²) in [5, 5.41) is 2.94. The van der Waals surface area contributed by atoms with Crippen molar-refractivity contribution >= 4 is 5.65 Å². The van der Waals surface area contributed by atoms with E-state index in [1.165, 1.54) is 4.52 Å². The Balaban J connectivity index is 2.38. The highest BCUT2D eigenvalue weighted by atomic mass is 16.1. The fourth-order valence-corrected chi connectivity index (χ4v) is 1.95. The third-order valence-corrected chi connectivity index (χ3v) is 3.12. The maximum Gasteiger partial charge on any atom is 0.275 e. The van der Waals surface area contributed by atoms with Gasteiger partial charge in [-0.05, 0) is 31.5 Å². The van der Waals surface area contributed by atoms with Gasteiger partial charge in [-0.2, -0.15) is 0 Å². The minimum atomic E-state index is -0.0576. The highest BCUT2D eigenvalue weighted by molar-refractivity contribution is 5.76. The van der Waals surface area contributed by atoms with Crippen molar-refractivity contribution in [2.24, 2.45) is 0 Å². The van der Waals surface area contributed by atoms with Crippen molar-refractivity contribution in [1.82, 2.24) is 19.6 Å². The van der Waals surface area contributed by atoms with Crippen molar-refractivity contribution < 1.29 is 0 Å². The number of hydrogen-bond donors (Lipinski definition) is 1. The summed E-state index contributed by atoms with van der Waals surface area (Å²) >= 11 is 0. The second kappa shape index (κ2) is 3.80. The molecule has 0 bridgehead atoms. The summed E-state index contributed by atoms with van der Waals surface area (Å²) < 4.78 is 1.47. The Morgan fingerprint density at radius 1 is 1.22 bits per heavy atom. The van der Waals surface area contributed by atoms with Gasteiger partial charge in [-0.1, -0.05) is 0 Å². The Labute approximate surface area is 103 Å². The largest absolute Gasteiger partial charge is 0.296 e. The van der Waals surface area contributed by atoms with Crippen molar-refractivity contribution in [3.8, 4) is 11.1 Å². The lowest BCUT2D eigenvalue weighted by Crippen LogP contribution is -2.19. The lowest BCUT2D eigenvalue weighted by Gasteiger charge is -2.01. The third-order valence-electron chi connectivity index (χ3n) is 3.12. The molecule has 3 heterocycles. The van der Waals surface area contributed by atoms with Crippen LogP contribution in [-0.2, 0) is 0 Å². The maximum atomic E-state index is 12.1. The fraction of sp³-hybridized carbons (Fsp3) is 0.154. The SMILES string of the molecule is Cc1nc2c(-c3ccncc3)c[nH]n2c(=O)c1C. The molecule has 0 aliphatic carbocycles. The van der Waals surface area contributed by atoms with Crippen LogP contribution in [0.4, 0.5) is 0 Å². The Morgan fingerprint density at radius 3 is 2.67 bits per heavy atom. The number of aromatic nitrogens is 4. The normalized spacial score (nSPS) is 11.0. The smallest absolute Gasteiger partial charge is 0.275 e. The number of fused-ring (bicyclic) bond motifs is 1. The van der Waals surface area contributed by atoms with Gasteiger partial charge >= 0.3 is 0 Å². The summed E-state index contributed by atoms with van der Waals surface area (Å²) in [6.45, 7) is 3.63. The minimum absolute atomic E-state index is 0.0576. The average Bonchev–Trinajstić information content (AvgIpc) is 2.81. The first-order valence-electron chi connectivity index (χ1n) is 5.66. The summed E-state index contributed by atoms with van der Waals surface area (Å²) in [4.78, 5) is 20.5. The highest BCUT2D eigenvalue weighted by Crippen LogP contribution is 2.21. The molecule has 0 fully saturated rings. The second-order valence-electron chi connectivity index (χ2n) is 4.21. The topological polar surface area (TPSA) is 63.1 Å². The zero-order chi connectivity index (χ0) is 12.7. The first-order chi connectivity index (χ1) is 8.68. The van der Waals surface area contributed by atoms with Crippen LogP contribution in [0.3, 0.4) is 0 Å². The van der Waals surface area contributed by atoms with E-state index in [1.54, 1.807) is 25.5 Å². The monoisotopic (exact) mass is 240 g/mol. The fourth-order valence-electron chi connectivity index (χ4n) is 1.95. The van der Waals surface area contributed by atoms with Gasteiger partial charge in [-0.3, -0.25) is 14.9 Å². The van der Waals surface area contributed by atoms with E-state index in [0.29, 0.717) is 11.2 Å². The summed E-state index contributed by atoms with van der Waals surface area (Å²) in [6.07, 6.45) is 5.23. The van der Waals surface area contributed by atoms with Gasteiger partial charge in [-0.15, -0.1) is 0 Å². The molecule has 0 saturated heterocycles. The number of hydrogen-bond acceptors (Lipinski definition) is 3. The maximum absolute atomic E-state index is 12.1. The minimum Gasteiger partial charge on any atom is -0.296 e. The standard InChI is InChI=1S/C13H12N4O/c1-8-9(2)16-12-11(7-15-17(12)13(8)18)10-3-5-14-6-4-10/h3-7,15H,1-2H3. The molecule has 5 nitrogen and oxygen atoms in total. The van der Waals surface area contributed by atoms with E-state index in [1.807, 2.05) is 19.1 Å². The molecule has 3 aromatic heterocycles. The van der Waals surface area contributed by atoms with Gasteiger partial charge in [0.05, 0.1) is 0 Å². The number of aromatic amines is 1. The quantitative estimate of drug-likeness (QED) is 0.704. The van der Waals surface area contributed by atoms with Gasteiger partial charge in [0.1, 0.15) is 0 Å². The van der Waals surface area contributed by atoms with Gasteiger partial charge in [0.2, 0.25) is 0 Å². The van der Waals surface area contributed by atoms with Crippen molar-refractivity contribution in [3.05, 3.63) is 52.3 Å². The summed E-state index contributed by atoms with van der Waals surface area (Å²) in [5.41, 5.74) is 3.90. The van der Waals surface area contributed by atoms with Crippen LogP contribution in [0.5, 0.6) is 0 Å². The van der Waals surface area contributed by atoms with E-state index in [4.69, 9.17) is 0 Å². The second-order valence-corrected chi connectivity index (χ2v) is 4.21. The zero-order valence-electron chi connectivity index (χ0n) is 10.1. The number of nitrogens with zero attached hydrogens (tertiary/aromatic N) is 3. The van der Waals surface area contributed by atoms with E-state index in [0.717, 1.165) is 16.8 Å². The number of nitrogens with one attached hydrogen (secondary N) is 1. The van der Waals surface area contributed by atoms with Crippen LogP contribution in [0.25, 0.3) is 16.8 Å². The predicted molar refractivity (Wildman–Crippen MR) is 68.5 cm³/mol. The van der Waals surface area contributed by atoms with Crippen LogP contribution in [-0.4, -0.2) is 19.6 Å². The van der Waals surface area contributed by atoms with Crippen LogP contribution in [0, 0.1) is 13.8 Å². The van der Waals surface area contributed by atoms with Gasteiger partial charge in [0.15, 0.2) is 5.65 Å². The van der Waals surface area contributed by atoms with Crippen LogP contribution < -0.4 is 5.56 Å². The van der Waals surface area contributed by atoms with Crippen LogP contribution in [0.1, 0.15) is 11.3 Å². The van der Waals surface area contributed by atoms with Crippen molar-refractivity contribution in [3.63, 3.8) is 0 Å². The van der Waals surface area contributed by atoms with E-state index in [-0.39, 0.29) is 5.56 Å². The summed E-state index contributed by atoms with van der Waals surface area (Å²) in [7, 11) is 0. The number of rotatable bonds is 1. The molecule has 5 heteroatoms. The highest BCUT2D eigenvalue weighted by Gasteiger charge is 2.11. The van der Waals surface area contributed by atoms with Crippen molar-refractivity contribution in [2.45, 2.75) is 13.8 Å². The Morgan fingerprint density at radius 2 is 1.94 bits per heavy atom. The van der Waals surface area contributed by atoms with Gasteiger partial charge < -0.3 is 0 Å². The average molecular weight is 240 g/mol. The van der Waals surface area contributed by atoms with E-state index in [9.17, 15) is 4.79 Å². The molecule has 0 saturated carbocycles.